The fourth-order valence-electron chi connectivity index (χ4n) is 8.65. The van der Waals surface area contributed by atoms with Crippen LogP contribution in [-0.4, -0.2) is 0 Å². The summed E-state index contributed by atoms with van der Waals surface area (Å²) in [5.74, 6) is 0. The molecule has 0 radical (unpaired) electrons. The molecule has 2 heterocycles. The van der Waals surface area contributed by atoms with E-state index in [1.54, 1.807) is 0 Å². The number of hydrogen-bond donors (Lipinski definition) is 0. The molecule has 10 aromatic rings. The minimum Gasteiger partial charge on any atom is -0.456 e. The lowest BCUT2D eigenvalue weighted by Gasteiger charge is -2.29. The second-order valence-corrected chi connectivity index (χ2v) is 15.6. The first-order chi connectivity index (χ1) is 25.5. The number of thiophene rings is 1. The molecule has 0 N–H and O–H groups in total. The Labute approximate surface area is 305 Å². The Bertz CT molecular complexity index is 3050. The van der Waals surface area contributed by atoms with Crippen LogP contribution in [0.4, 0.5) is 17.1 Å². The Kier molecular flexibility index (Phi) is 6.21. The fourth-order valence-corrected chi connectivity index (χ4v) is 9.79. The summed E-state index contributed by atoms with van der Waals surface area (Å²) >= 11 is 1.87. The molecule has 1 aliphatic carbocycles. The molecule has 246 valence electrons. The third-order valence-electron chi connectivity index (χ3n) is 11.2. The first-order valence-corrected chi connectivity index (χ1v) is 18.7. The summed E-state index contributed by atoms with van der Waals surface area (Å²) in [6.07, 6.45) is 0. The van der Waals surface area contributed by atoms with E-state index in [1.807, 2.05) is 23.5 Å². The van der Waals surface area contributed by atoms with Crippen molar-refractivity contribution in [3.63, 3.8) is 0 Å². The molecule has 0 fully saturated rings. The molecule has 0 saturated carbocycles. The third kappa shape index (κ3) is 4.30. The SMILES string of the molecule is CC1(C)c2ccccc2-c2c(N(c3ccc(-c4ccc5cc6c(cc5c4)oc4ccccc46)cc3)c3ccc4c(c3)sc3ccccc34)cccc21. The summed E-state index contributed by atoms with van der Waals surface area (Å²) in [5.41, 5.74) is 13.0. The van der Waals surface area contributed by atoms with Crippen molar-refractivity contribution in [3.8, 4) is 22.3 Å². The zero-order valence-corrected chi connectivity index (χ0v) is 29.7. The quantitative estimate of drug-likeness (QED) is 0.184. The Balaban J connectivity index is 1.06. The second kappa shape index (κ2) is 10.9. The van der Waals surface area contributed by atoms with Gasteiger partial charge in [0.25, 0.3) is 0 Å². The molecule has 0 atom stereocenters. The first kappa shape index (κ1) is 29.6. The Morgan fingerprint density at radius 3 is 2.12 bits per heavy atom. The van der Waals surface area contributed by atoms with Crippen molar-refractivity contribution in [1.82, 2.24) is 0 Å². The number of fused-ring (bicyclic) bond motifs is 10. The number of anilines is 3. The van der Waals surface area contributed by atoms with Gasteiger partial charge < -0.3 is 9.32 Å². The molecular weight excluding hydrogens is 651 g/mol. The number of para-hydroxylation sites is 1. The van der Waals surface area contributed by atoms with Gasteiger partial charge in [-0.15, -0.1) is 11.3 Å². The standard InChI is InChI=1S/C49H33NOS/c1-49(2)41-13-6-3-12-39(41)48-42(49)14-9-15-43(48)50(35-24-25-38-37-11-5-8-17-46(37)52-47(38)29-35)34-22-20-30(21-23-34)31-18-19-32-27-40-36-10-4-7-16-44(36)51-45(40)28-33(32)26-31/h3-29H,1-2H3. The van der Waals surface area contributed by atoms with Crippen LogP contribution in [0.1, 0.15) is 25.0 Å². The Morgan fingerprint density at radius 1 is 0.481 bits per heavy atom. The average Bonchev–Trinajstić information content (AvgIpc) is 3.81. The molecule has 0 saturated heterocycles. The number of hydrogen-bond acceptors (Lipinski definition) is 3. The molecule has 2 nitrogen and oxygen atoms in total. The van der Waals surface area contributed by atoms with E-state index < -0.39 is 0 Å². The highest BCUT2D eigenvalue weighted by Crippen LogP contribution is 2.54. The van der Waals surface area contributed by atoms with Crippen molar-refractivity contribution in [2.75, 3.05) is 4.90 Å². The summed E-state index contributed by atoms with van der Waals surface area (Å²) in [6.45, 7) is 4.71. The molecule has 11 rings (SSSR count). The summed E-state index contributed by atoms with van der Waals surface area (Å²) in [5, 5.41) is 7.33. The Hall–Kier alpha value is -6.16. The van der Waals surface area contributed by atoms with Gasteiger partial charge in [0.05, 0.1) is 5.69 Å². The highest BCUT2D eigenvalue weighted by atomic mass is 32.1. The predicted molar refractivity (Wildman–Crippen MR) is 222 cm³/mol. The maximum atomic E-state index is 6.24. The molecule has 0 bridgehead atoms. The second-order valence-electron chi connectivity index (χ2n) is 14.5. The average molecular weight is 684 g/mol. The van der Waals surface area contributed by atoms with E-state index >= 15 is 0 Å². The van der Waals surface area contributed by atoms with Crippen LogP contribution in [0, 0.1) is 0 Å². The van der Waals surface area contributed by atoms with Gasteiger partial charge in [0, 0.05) is 53.3 Å². The normalized spacial score (nSPS) is 13.3. The van der Waals surface area contributed by atoms with Crippen LogP contribution in [0.5, 0.6) is 0 Å². The molecule has 3 heteroatoms. The van der Waals surface area contributed by atoms with Gasteiger partial charge in [0.1, 0.15) is 11.2 Å². The molecule has 0 amide bonds. The minimum atomic E-state index is -0.0864. The van der Waals surface area contributed by atoms with E-state index in [1.165, 1.54) is 70.0 Å². The minimum absolute atomic E-state index is 0.0864. The van der Waals surface area contributed by atoms with Gasteiger partial charge in [-0.05, 0) is 99.3 Å². The molecule has 0 aliphatic heterocycles. The fraction of sp³-hybridized carbons (Fsp3) is 0.0612. The van der Waals surface area contributed by atoms with Crippen molar-refractivity contribution in [2.45, 2.75) is 19.3 Å². The maximum Gasteiger partial charge on any atom is 0.136 e. The van der Waals surface area contributed by atoms with Crippen LogP contribution in [0.2, 0.25) is 0 Å². The summed E-state index contributed by atoms with van der Waals surface area (Å²) in [6, 6.07) is 60.0. The molecular formula is C49H33NOS. The van der Waals surface area contributed by atoms with Crippen molar-refractivity contribution in [2.24, 2.45) is 0 Å². The van der Waals surface area contributed by atoms with E-state index in [9.17, 15) is 0 Å². The van der Waals surface area contributed by atoms with Crippen molar-refractivity contribution in [3.05, 3.63) is 175 Å². The monoisotopic (exact) mass is 683 g/mol. The van der Waals surface area contributed by atoms with Crippen LogP contribution in [0.15, 0.2) is 168 Å². The van der Waals surface area contributed by atoms with E-state index in [0.29, 0.717) is 0 Å². The third-order valence-corrected chi connectivity index (χ3v) is 12.4. The highest BCUT2D eigenvalue weighted by Gasteiger charge is 2.37. The van der Waals surface area contributed by atoms with E-state index in [-0.39, 0.29) is 5.41 Å². The van der Waals surface area contributed by atoms with Gasteiger partial charge >= 0.3 is 0 Å². The maximum absolute atomic E-state index is 6.24. The van der Waals surface area contributed by atoms with Crippen LogP contribution < -0.4 is 4.90 Å². The molecule has 0 unspecified atom stereocenters. The van der Waals surface area contributed by atoms with E-state index in [0.717, 1.165) is 33.3 Å². The van der Waals surface area contributed by atoms with Crippen LogP contribution in [-0.2, 0) is 5.41 Å². The molecule has 2 aromatic heterocycles. The Morgan fingerprint density at radius 2 is 1.21 bits per heavy atom. The van der Waals surface area contributed by atoms with E-state index in [4.69, 9.17) is 4.42 Å². The lowest BCUT2D eigenvalue weighted by molar-refractivity contribution is 0.660. The highest BCUT2D eigenvalue weighted by molar-refractivity contribution is 7.25. The lowest BCUT2D eigenvalue weighted by atomic mass is 9.82. The van der Waals surface area contributed by atoms with Crippen molar-refractivity contribution < 1.29 is 4.42 Å². The predicted octanol–water partition coefficient (Wildman–Crippen LogP) is 14.6. The summed E-state index contributed by atoms with van der Waals surface area (Å²) in [7, 11) is 0. The van der Waals surface area contributed by atoms with Gasteiger partial charge in [0.2, 0.25) is 0 Å². The zero-order valence-electron chi connectivity index (χ0n) is 28.9. The van der Waals surface area contributed by atoms with Gasteiger partial charge in [-0.25, -0.2) is 0 Å². The number of benzene rings is 8. The summed E-state index contributed by atoms with van der Waals surface area (Å²) < 4.78 is 8.85. The van der Waals surface area contributed by atoms with Crippen molar-refractivity contribution in [1.29, 1.82) is 0 Å². The topological polar surface area (TPSA) is 16.4 Å². The number of furan rings is 1. The molecule has 0 spiro atoms. The van der Waals surface area contributed by atoms with Gasteiger partial charge in [0.15, 0.2) is 0 Å². The summed E-state index contributed by atoms with van der Waals surface area (Å²) in [4.78, 5) is 2.46. The smallest absolute Gasteiger partial charge is 0.136 e. The molecule has 1 aliphatic rings. The molecule has 8 aromatic carbocycles. The number of rotatable bonds is 4. The van der Waals surface area contributed by atoms with Gasteiger partial charge in [-0.2, -0.15) is 0 Å². The van der Waals surface area contributed by atoms with Crippen molar-refractivity contribution >= 4 is 81.3 Å². The largest absolute Gasteiger partial charge is 0.456 e. The lowest BCUT2D eigenvalue weighted by Crippen LogP contribution is -2.16. The van der Waals surface area contributed by atoms with Gasteiger partial charge in [-0.1, -0.05) is 117 Å². The van der Waals surface area contributed by atoms with Crippen LogP contribution in [0.25, 0.3) is 75.1 Å². The van der Waals surface area contributed by atoms with Crippen LogP contribution in [0.3, 0.4) is 0 Å². The van der Waals surface area contributed by atoms with E-state index in [2.05, 4.69) is 170 Å². The zero-order chi connectivity index (χ0) is 34.6. The number of nitrogens with zero attached hydrogens (tertiary/aromatic N) is 1. The first-order valence-electron chi connectivity index (χ1n) is 17.9. The van der Waals surface area contributed by atoms with Crippen LogP contribution >= 0.6 is 11.3 Å². The molecule has 52 heavy (non-hydrogen) atoms. The van der Waals surface area contributed by atoms with Gasteiger partial charge in [-0.3, -0.25) is 0 Å².